The third-order valence-corrected chi connectivity index (χ3v) is 3.16. The molecule has 0 spiro atoms. The van der Waals surface area contributed by atoms with Gasteiger partial charge in [-0.3, -0.25) is 9.59 Å². The second kappa shape index (κ2) is 11.7. The number of ketones is 2. The number of hydrogen-bond donors (Lipinski definition) is 0. The Morgan fingerprint density at radius 1 is 0.864 bits per heavy atom. The van der Waals surface area contributed by atoms with Crippen molar-refractivity contribution in [3.63, 3.8) is 0 Å². The highest BCUT2D eigenvalue weighted by molar-refractivity contribution is 5.83. The minimum absolute atomic E-state index is 0.0134. The van der Waals surface area contributed by atoms with Crippen molar-refractivity contribution in [1.29, 1.82) is 0 Å². The average Bonchev–Trinajstić information content (AvgIpc) is 2.42. The Labute approximate surface area is 134 Å². The predicted molar refractivity (Wildman–Crippen MR) is 86.0 cm³/mol. The van der Waals surface area contributed by atoms with Crippen LogP contribution in [-0.2, 0) is 23.8 Å². The van der Waals surface area contributed by atoms with Crippen molar-refractivity contribution < 1.29 is 23.8 Å². The molecule has 0 aliphatic heterocycles. The molecule has 5 heteroatoms. The number of Topliss-reactive ketones (excluding diaryl/α,β-unsaturated/α-hetero) is 2. The SMILES string of the molecule is CC(C)C(=O)COCCOCCOCCCC(=O)C(C)(C)C. The van der Waals surface area contributed by atoms with E-state index in [1.807, 2.05) is 34.6 Å². The van der Waals surface area contributed by atoms with Gasteiger partial charge in [-0.05, 0) is 6.42 Å². The summed E-state index contributed by atoms with van der Waals surface area (Å²) in [5, 5.41) is 0. The lowest BCUT2D eigenvalue weighted by Gasteiger charge is -2.16. The maximum absolute atomic E-state index is 11.7. The van der Waals surface area contributed by atoms with E-state index in [4.69, 9.17) is 14.2 Å². The van der Waals surface area contributed by atoms with Gasteiger partial charge in [0, 0.05) is 24.4 Å². The summed E-state index contributed by atoms with van der Waals surface area (Å²) < 4.78 is 15.9. The molecule has 0 fully saturated rings. The molecule has 0 aromatic rings. The lowest BCUT2D eigenvalue weighted by Crippen LogP contribution is -2.20. The molecule has 0 unspecified atom stereocenters. The van der Waals surface area contributed by atoms with Crippen LogP contribution >= 0.6 is 0 Å². The largest absolute Gasteiger partial charge is 0.379 e. The molecule has 0 aromatic carbocycles. The van der Waals surface area contributed by atoms with Crippen LogP contribution in [0.5, 0.6) is 0 Å². The molecule has 0 amide bonds. The number of hydrogen-bond acceptors (Lipinski definition) is 5. The number of rotatable bonds is 13. The van der Waals surface area contributed by atoms with Gasteiger partial charge in [0.2, 0.25) is 0 Å². The summed E-state index contributed by atoms with van der Waals surface area (Å²) in [4.78, 5) is 23.0. The monoisotopic (exact) mass is 316 g/mol. The van der Waals surface area contributed by atoms with Crippen LogP contribution in [0.1, 0.15) is 47.5 Å². The van der Waals surface area contributed by atoms with Gasteiger partial charge < -0.3 is 14.2 Å². The average molecular weight is 316 g/mol. The van der Waals surface area contributed by atoms with E-state index in [-0.39, 0.29) is 29.5 Å². The van der Waals surface area contributed by atoms with Crippen LogP contribution < -0.4 is 0 Å². The molecule has 5 nitrogen and oxygen atoms in total. The molecule has 0 aromatic heterocycles. The van der Waals surface area contributed by atoms with Gasteiger partial charge in [-0.25, -0.2) is 0 Å². The highest BCUT2D eigenvalue weighted by Gasteiger charge is 2.19. The third kappa shape index (κ3) is 11.8. The Bertz CT molecular complexity index is 318. The highest BCUT2D eigenvalue weighted by Crippen LogP contribution is 2.17. The van der Waals surface area contributed by atoms with Crippen LogP contribution in [0.2, 0.25) is 0 Å². The van der Waals surface area contributed by atoms with Crippen LogP contribution in [0.15, 0.2) is 0 Å². The Morgan fingerprint density at radius 2 is 1.36 bits per heavy atom. The number of carbonyl (C=O) groups excluding carboxylic acids is 2. The molecular weight excluding hydrogens is 284 g/mol. The fraction of sp³-hybridized carbons (Fsp3) is 0.882. The first kappa shape index (κ1) is 21.2. The molecule has 0 N–H and O–H groups in total. The van der Waals surface area contributed by atoms with Crippen molar-refractivity contribution in [2.45, 2.75) is 47.5 Å². The van der Waals surface area contributed by atoms with Crippen LogP contribution in [-0.4, -0.2) is 51.2 Å². The minimum Gasteiger partial charge on any atom is -0.379 e. The first-order valence-electron chi connectivity index (χ1n) is 8.04. The van der Waals surface area contributed by atoms with Crippen LogP contribution in [0.4, 0.5) is 0 Å². The maximum Gasteiger partial charge on any atom is 0.160 e. The quantitative estimate of drug-likeness (QED) is 0.489. The van der Waals surface area contributed by atoms with Gasteiger partial charge in [-0.1, -0.05) is 34.6 Å². The lowest BCUT2D eigenvalue weighted by molar-refractivity contribution is -0.127. The minimum atomic E-state index is -0.264. The zero-order valence-corrected chi connectivity index (χ0v) is 14.8. The molecule has 0 heterocycles. The van der Waals surface area contributed by atoms with Crippen molar-refractivity contribution in [2.24, 2.45) is 11.3 Å². The van der Waals surface area contributed by atoms with Gasteiger partial charge in [0.15, 0.2) is 5.78 Å². The second-order valence-corrected chi connectivity index (χ2v) is 6.68. The summed E-state index contributed by atoms with van der Waals surface area (Å²) in [6, 6.07) is 0. The van der Waals surface area contributed by atoms with E-state index < -0.39 is 0 Å². The summed E-state index contributed by atoms with van der Waals surface area (Å²) in [7, 11) is 0. The molecule has 0 saturated heterocycles. The Hall–Kier alpha value is -0.780. The van der Waals surface area contributed by atoms with Crippen molar-refractivity contribution in [3.8, 4) is 0 Å². The fourth-order valence-corrected chi connectivity index (χ4v) is 1.49. The molecular formula is C17H32O5. The summed E-state index contributed by atoms with van der Waals surface area (Å²) >= 11 is 0. The van der Waals surface area contributed by atoms with Crippen LogP contribution in [0.3, 0.4) is 0 Å². The van der Waals surface area contributed by atoms with Crippen molar-refractivity contribution in [3.05, 3.63) is 0 Å². The zero-order chi connectivity index (χ0) is 17.0. The highest BCUT2D eigenvalue weighted by atomic mass is 16.5. The van der Waals surface area contributed by atoms with Gasteiger partial charge in [-0.15, -0.1) is 0 Å². The van der Waals surface area contributed by atoms with Gasteiger partial charge >= 0.3 is 0 Å². The van der Waals surface area contributed by atoms with E-state index in [1.165, 1.54) is 0 Å². The lowest BCUT2D eigenvalue weighted by atomic mass is 9.88. The summed E-state index contributed by atoms with van der Waals surface area (Å²) in [6.07, 6.45) is 1.30. The van der Waals surface area contributed by atoms with Gasteiger partial charge in [-0.2, -0.15) is 0 Å². The van der Waals surface area contributed by atoms with Gasteiger partial charge in [0.05, 0.1) is 26.4 Å². The topological polar surface area (TPSA) is 61.8 Å². The van der Waals surface area contributed by atoms with Crippen molar-refractivity contribution in [2.75, 3.05) is 39.6 Å². The zero-order valence-electron chi connectivity index (χ0n) is 14.8. The van der Waals surface area contributed by atoms with E-state index in [1.54, 1.807) is 0 Å². The fourth-order valence-electron chi connectivity index (χ4n) is 1.49. The smallest absolute Gasteiger partial charge is 0.160 e. The van der Waals surface area contributed by atoms with Crippen molar-refractivity contribution >= 4 is 11.6 Å². The summed E-state index contributed by atoms with van der Waals surface area (Å²) in [5.41, 5.74) is -0.264. The van der Waals surface area contributed by atoms with Gasteiger partial charge in [0.25, 0.3) is 0 Å². The van der Waals surface area contributed by atoms with Crippen LogP contribution in [0.25, 0.3) is 0 Å². The molecule has 0 radical (unpaired) electrons. The third-order valence-electron chi connectivity index (χ3n) is 3.16. The number of carbonyl (C=O) groups is 2. The first-order chi connectivity index (χ1) is 10.2. The summed E-state index contributed by atoms with van der Waals surface area (Å²) in [5.74, 6) is 0.382. The Morgan fingerprint density at radius 3 is 1.86 bits per heavy atom. The van der Waals surface area contributed by atoms with Crippen LogP contribution in [0, 0.1) is 11.3 Å². The molecule has 0 aliphatic rings. The molecule has 0 bridgehead atoms. The molecule has 0 saturated carbocycles. The second-order valence-electron chi connectivity index (χ2n) is 6.68. The standard InChI is InChI=1S/C17H32O5/c1-14(2)15(18)13-22-12-11-21-10-9-20-8-6-7-16(19)17(3,4)5/h14H,6-13H2,1-5H3. The molecule has 0 aliphatic carbocycles. The predicted octanol–water partition coefficient (Wildman–Crippen LogP) is 2.66. The normalized spacial score (nSPS) is 11.9. The number of ether oxygens (including phenoxy) is 3. The van der Waals surface area contributed by atoms with Gasteiger partial charge in [0.1, 0.15) is 12.4 Å². The summed E-state index contributed by atoms with van der Waals surface area (Å²) in [6.45, 7) is 12.1. The van der Waals surface area contributed by atoms with E-state index in [0.29, 0.717) is 39.5 Å². The molecule has 0 rings (SSSR count). The maximum atomic E-state index is 11.7. The molecule has 22 heavy (non-hydrogen) atoms. The Balaban J connectivity index is 3.28. The van der Waals surface area contributed by atoms with Crippen molar-refractivity contribution in [1.82, 2.24) is 0 Å². The molecule has 0 atom stereocenters. The van der Waals surface area contributed by atoms with E-state index >= 15 is 0 Å². The first-order valence-corrected chi connectivity index (χ1v) is 8.04. The molecule has 130 valence electrons. The van der Waals surface area contributed by atoms with E-state index in [2.05, 4.69) is 0 Å². The Kier molecular flexibility index (Phi) is 11.3. The van der Waals surface area contributed by atoms with E-state index in [0.717, 1.165) is 6.42 Å². The van der Waals surface area contributed by atoms with E-state index in [9.17, 15) is 9.59 Å².